The average Bonchev–Trinajstić information content (AvgIpc) is 3.21. The zero-order chi connectivity index (χ0) is 24.8. The molecular formula is C25H26N8O3. The number of nitrogens with zero attached hydrogens (tertiary/aromatic N) is 6. The molecule has 0 radical (unpaired) electrons. The Morgan fingerprint density at radius 3 is 2.92 bits per heavy atom. The van der Waals surface area contributed by atoms with Gasteiger partial charge in [0.1, 0.15) is 24.7 Å². The third kappa shape index (κ3) is 3.82. The summed E-state index contributed by atoms with van der Waals surface area (Å²) in [6.45, 7) is 4.26. The molecule has 1 amide bonds. The summed E-state index contributed by atoms with van der Waals surface area (Å²) in [6, 6.07) is 5.91. The lowest BCUT2D eigenvalue weighted by Gasteiger charge is -2.21. The standard InChI is InChI=1S/C25H26N8O3/c1-14-17(11-28-25-23(14)26-5-7-36-25)19-8-15-9-20(27-12-18(15)24(29-19)35-3)30-21-10-16-4-6-32(2)22(34)13-33(16)31-21/h8-12,26H,4-7,13H2,1-3H3,(H,27,30,31). The Hall–Kier alpha value is -4.41. The second-order valence-corrected chi connectivity index (χ2v) is 8.93. The van der Waals surface area contributed by atoms with Crippen LogP contribution in [0.4, 0.5) is 17.3 Å². The van der Waals surface area contributed by atoms with Crippen LogP contribution in [0.2, 0.25) is 0 Å². The number of methoxy groups -OCH3 is 1. The SMILES string of the molecule is COc1nc(-c2cnc3c(c2C)NCCO3)cc2cc(Nc3cc4n(n3)CC(=O)N(C)CC4)ncc12. The predicted molar refractivity (Wildman–Crippen MR) is 135 cm³/mol. The van der Waals surface area contributed by atoms with Gasteiger partial charge >= 0.3 is 0 Å². The molecule has 0 fully saturated rings. The first kappa shape index (κ1) is 22.1. The highest BCUT2D eigenvalue weighted by Crippen LogP contribution is 2.37. The Balaban J connectivity index is 1.35. The fourth-order valence-corrected chi connectivity index (χ4v) is 4.60. The second-order valence-electron chi connectivity index (χ2n) is 8.93. The summed E-state index contributed by atoms with van der Waals surface area (Å²) in [5.41, 5.74) is 4.55. The van der Waals surface area contributed by atoms with E-state index in [9.17, 15) is 4.79 Å². The van der Waals surface area contributed by atoms with Gasteiger partial charge in [0.15, 0.2) is 5.82 Å². The summed E-state index contributed by atoms with van der Waals surface area (Å²) < 4.78 is 13.0. The highest BCUT2D eigenvalue weighted by atomic mass is 16.5. The third-order valence-electron chi connectivity index (χ3n) is 6.63. The summed E-state index contributed by atoms with van der Waals surface area (Å²) in [7, 11) is 3.42. The molecule has 4 aromatic heterocycles. The largest absolute Gasteiger partial charge is 0.480 e. The van der Waals surface area contributed by atoms with Crippen LogP contribution in [0.15, 0.2) is 30.6 Å². The molecule has 2 aliphatic heterocycles. The number of hydrogen-bond acceptors (Lipinski definition) is 9. The molecule has 2 aliphatic rings. The second kappa shape index (κ2) is 8.67. The van der Waals surface area contributed by atoms with Gasteiger partial charge in [-0.05, 0) is 30.0 Å². The molecule has 11 nitrogen and oxygen atoms in total. The number of rotatable bonds is 4. The number of anilines is 3. The fourth-order valence-electron chi connectivity index (χ4n) is 4.60. The van der Waals surface area contributed by atoms with Crippen molar-refractivity contribution < 1.29 is 14.3 Å². The number of fused-ring (bicyclic) bond motifs is 3. The average molecular weight is 487 g/mol. The van der Waals surface area contributed by atoms with Crippen LogP contribution in [0.25, 0.3) is 22.0 Å². The lowest BCUT2D eigenvalue weighted by molar-refractivity contribution is -0.130. The van der Waals surface area contributed by atoms with Gasteiger partial charge in [0, 0.05) is 56.3 Å². The first-order valence-electron chi connectivity index (χ1n) is 11.8. The van der Waals surface area contributed by atoms with Crippen molar-refractivity contribution in [1.82, 2.24) is 29.6 Å². The maximum absolute atomic E-state index is 12.2. The van der Waals surface area contributed by atoms with Crippen molar-refractivity contribution in [3.63, 3.8) is 0 Å². The van der Waals surface area contributed by atoms with Crippen LogP contribution in [-0.4, -0.2) is 69.4 Å². The Bertz CT molecular complexity index is 1500. The number of hydrogen-bond donors (Lipinski definition) is 2. The Labute approximate surface area is 207 Å². The van der Waals surface area contributed by atoms with E-state index in [0.717, 1.165) is 51.9 Å². The van der Waals surface area contributed by atoms with Gasteiger partial charge in [-0.15, -0.1) is 0 Å². The predicted octanol–water partition coefficient (Wildman–Crippen LogP) is 2.77. The first-order chi connectivity index (χ1) is 17.5. The van der Waals surface area contributed by atoms with Crippen molar-refractivity contribution in [2.75, 3.05) is 44.5 Å². The van der Waals surface area contributed by atoms with E-state index in [4.69, 9.17) is 14.5 Å². The van der Waals surface area contributed by atoms with Crippen LogP contribution < -0.4 is 20.1 Å². The van der Waals surface area contributed by atoms with E-state index in [0.29, 0.717) is 36.5 Å². The van der Waals surface area contributed by atoms with Gasteiger partial charge < -0.3 is 25.0 Å². The minimum atomic E-state index is 0.0491. The van der Waals surface area contributed by atoms with E-state index in [-0.39, 0.29) is 12.5 Å². The van der Waals surface area contributed by atoms with E-state index in [1.807, 2.05) is 32.2 Å². The lowest BCUT2D eigenvalue weighted by Crippen LogP contribution is -2.29. The number of amides is 1. The Morgan fingerprint density at radius 2 is 2.06 bits per heavy atom. The monoisotopic (exact) mass is 486 g/mol. The van der Waals surface area contributed by atoms with Gasteiger partial charge in [0.25, 0.3) is 0 Å². The topological polar surface area (TPSA) is 119 Å². The Morgan fingerprint density at radius 1 is 1.17 bits per heavy atom. The summed E-state index contributed by atoms with van der Waals surface area (Å²) in [5.74, 6) is 2.43. The molecule has 0 spiro atoms. The van der Waals surface area contributed by atoms with Crippen LogP contribution >= 0.6 is 0 Å². The van der Waals surface area contributed by atoms with Gasteiger partial charge in [0.2, 0.25) is 17.7 Å². The molecule has 6 heterocycles. The number of aromatic nitrogens is 5. The Kier molecular flexibility index (Phi) is 5.32. The van der Waals surface area contributed by atoms with Gasteiger partial charge in [-0.2, -0.15) is 5.10 Å². The highest BCUT2D eigenvalue weighted by molar-refractivity contribution is 5.92. The van der Waals surface area contributed by atoms with Crippen LogP contribution in [0.1, 0.15) is 11.3 Å². The van der Waals surface area contributed by atoms with E-state index in [1.54, 1.807) is 29.1 Å². The maximum Gasteiger partial charge on any atom is 0.244 e. The zero-order valence-corrected chi connectivity index (χ0v) is 20.3. The van der Waals surface area contributed by atoms with Crippen molar-refractivity contribution in [3.05, 3.63) is 41.9 Å². The van der Waals surface area contributed by atoms with Crippen molar-refractivity contribution in [3.8, 4) is 23.0 Å². The van der Waals surface area contributed by atoms with Crippen LogP contribution in [0.3, 0.4) is 0 Å². The molecule has 11 heteroatoms. The molecule has 0 saturated heterocycles. The first-order valence-corrected chi connectivity index (χ1v) is 11.8. The molecule has 0 saturated carbocycles. The van der Waals surface area contributed by atoms with Crippen molar-refractivity contribution in [2.24, 2.45) is 0 Å². The zero-order valence-electron chi connectivity index (χ0n) is 20.3. The lowest BCUT2D eigenvalue weighted by atomic mass is 10.0. The molecule has 36 heavy (non-hydrogen) atoms. The van der Waals surface area contributed by atoms with E-state index < -0.39 is 0 Å². The van der Waals surface area contributed by atoms with Crippen LogP contribution in [-0.2, 0) is 17.8 Å². The fraction of sp³-hybridized carbons (Fsp3) is 0.320. The molecule has 4 aromatic rings. The molecule has 6 rings (SSSR count). The van der Waals surface area contributed by atoms with Gasteiger partial charge in [-0.3, -0.25) is 9.48 Å². The van der Waals surface area contributed by atoms with E-state index >= 15 is 0 Å². The number of carbonyl (C=O) groups excluding carboxylic acids is 1. The number of pyridine rings is 3. The molecule has 0 aliphatic carbocycles. The molecule has 2 N–H and O–H groups in total. The third-order valence-corrected chi connectivity index (χ3v) is 6.63. The molecule has 0 atom stereocenters. The minimum Gasteiger partial charge on any atom is -0.480 e. The molecule has 0 aromatic carbocycles. The number of ether oxygens (including phenoxy) is 2. The van der Waals surface area contributed by atoms with E-state index in [2.05, 4.69) is 25.7 Å². The number of nitrogens with one attached hydrogen (secondary N) is 2. The number of carbonyl (C=O) groups is 1. The van der Waals surface area contributed by atoms with E-state index in [1.165, 1.54) is 0 Å². The van der Waals surface area contributed by atoms with Gasteiger partial charge in [-0.25, -0.2) is 15.0 Å². The van der Waals surface area contributed by atoms with Gasteiger partial charge in [0.05, 0.1) is 18.2 Å². The van der Waals surface area contributed by atoms with Crippen LogP contribution in [0, 0.1) is 6.92 Å². The highest BCUT2D eigenvalue weighted by Gasteiger charge is 2.21. The van der Waals surface area contributed by atoms with Crippen molar-refractivity contribution in [1.29, 1.82) is 0 Å². The number of likely N-dealkylation sites (N-methyl/N-ethyl adjacent to an activating group) is 1. The van der Waals surface area contributed by atoms with Crippen molar-refractivity contribution >= 4 is 34.0 Å². The maximum atomic E-state index is 12.2. The molecular weight excluding hydrogens is 460 g/mol. The summed E-state index contributed by atoms with van der Waals surface area (Å²) in [5, 5.41) is 12.9. The molecule has 184 valence electrons. The smallest absolute Gasteiger partial charge is 0.244 e. The molecule has 0 unspecified atom stereocenters. The minimum absolute atomic E-state index is 0.0491. The summed E-state index contributed by atoms with van der Waals surface area (Å²) in [6.07, 6.45) is 4.27. The summed E-state index contributed by atoms with van der Waals surface area (Å²) >= 11 is 0. The quantitative estimate of drug-likeness (QED) is 0.449. The van der Waals surface area contributed by atoms with Gasteiger partial charge in [-0.1, -0.05) is 0 Å². The normalized spacial score (nSPS) is 15.0. The summed E-state index contributed by atoms with van der Waals surface area (Å²) in [4.78, 5) is 27.7. The molecule has 0 bridgehead atoms. The van der Waals surface area contributed by atoms with Crippen molar-refractivity contribution in [2.45, 2.75) is 19.9 Å². The van der Waals surface area contributed by atoms with Crippen LogP contribution in [0.5, 0.6) is 11.8 Å².